The third-order valence-corrected chi connectivity index (χ3v) is 4.84. The van der Waals surface area contributed by atoms with E-state index in [9.17, 15) is 9.59 Å². The highest BCUT2D eigenvalue weighted by atomic mass is 16.6. The van der Waals surface area contributed by atoms with Crippen LogP contribution in [0.4, 0.5) is 4.79 Å². The van der Waals surface area contributed by atoms with Gasteiger partial charge >= 0.3 is 6.09 Å². The number of amides is 2. The number of alkyl carbamates (subject to hydrolysis) is 1. The Hall–Kier alpha value is -1.34. The molecule has 0 aliphatic carbocycles. The largest absolute Gasteiger partial charge is 0.444 e. The van der Waals surface area contributed by atoms with Gasteiger partial charge in [-0.1, -0.05) is 34.1 Å². The summed E-state index contributed by atoms with van der Waals surface area (Å²) in [6.45, 7) is 17.5. The lowest BCUT2D eigenvalue weighted by Gasteiger charge is -2.34. The van der Waals surface area contributed by atoms with Crippen LogP contribution in [0, 0.1) is 11.8 Å². The third-order valence-electron chi connectivity index (χ3n) is 4.84. The van der Waals surface area contributed by atoms with Crippen molar-refractivity contribution in [3.05, 3.63) is 0 Å². The van der Waals surface area contributed by atoms with Gasteiger partial charge in [0.25, 0.3) is 0 Å². The lowest BCUT2D eigenvalue weighted by Crippen LogP contribution is -2.56. The summed E-state index contributed by atoms with van der Waals surface area (Å²) in [5.74, 6) is 0.138. The van der Waals surface area contributed by atoms with Gasteiger partial charge in [-0.3, -0.25) is 9.69 Å². The normalized spacial score (nSPS) is 19.3. The van der Waals surface area contributed by atoms with E-state index in [2.05, 4.69) is 29.4 Å². The van der Waals surface area contributed by atoms with E-state index in [0.29, 0.717) is 5.92 Å². The van der Waals surface area contributed by atoms with Crippen molar-refractivity contribution in [2.45, 2.75) is 72.6 Å². The standard InChI is InChI=1S/C20H39N3O4/c1-8-15(4)16(13-23-9-11-26-12-10-23)21-18(24)17(14(2)3)22-19(25)27-20(5,6)7/h14-17H,8-13H2,1-7H3,(H,21,24)(H,22,25)/t15?,16-,17+/m1/s1. The third kappa shape index (κ3) is 8.93. The molecule has 0 aromatic heterocycles. The molecule has 27 heavy (non-hydrogen) atoms. The smallest absolute Gasteiger partial charge is 0.408 e. The maximum Gasteiger partial charge on any atom is 0.408 e. The number of carbonyl (C=O) groups excluding carboxylic acids is 2. The lowest BCUT2D eigenvalue weighted by atomic mass is 9.96. The highest BCUT2D eigenvalue weighted by Gasteiger charge is 2.30. The van der Waals surface area contributed by atoms with Crippen LogP contribution in [0.15, 0.2) is 0 Å². The van der Waals surface area contributed by atoms with Crippen molar-refractivity contribution in [2.24, 2.45) is 11.8 Å². The summed E-state index contributed by atoms with van der Waals surface area (Å²) in [5.41, 5.74) is -0.600. The van der Waals surface area contributed by atoms with Gasteiger partial charge in [-0.15, -0.1) is 0 Å². The molecule has 1 rings (SSSR count). The molecule has 1 heterocycles. The number of hydrogen-bond donors (Lipinski definition) is 2. The summed E-state index contributed by atoms with van der Waals surface area (Å²) in [6, 6.07) is -0.599. The molecule has 2 amide bonds. The molecule has 0 spiro atoms. The van der Waals surface area contributed by atoms with E-state index >= 15 is 0 Å². The monoisotopic (exact) mass is 385 g/mol. The summed E-state index contributed by atoms with van der Waals surface area (Å²) in [5, 5.41) is 5.90. The fraction of sp³-hybridized carbons (Fsp3) is 0.900. The minimum Gasteiger partial charge on any atom is -0.444 e. The Morgan fingerprint density at radius 1 is 1.11 bits per heavy atom. The van der Waals surface area contributed by atoms with Gasteiger partial charge in [0, 0.05) is 25.7 Å². The number of carbonyl (C=O) groups is 2. The first kappa shape index (κ1) is 23.7. The van der Waals surface area contributed by atoms with E-state index in [1.54, 1.807) is 20.8 Å². The summed E-state index contributed by atoms with van der Waals surface area (Å²) in [6.07, 6.45) is 0.408. The Bertz CT molecular complexity index is 470. The van der Waals surface area contributed by atoms with Crippen LogP contribution in [0.25, 0.3) is 0 Å². The van der Waals surface area contributed by atoms with Crippen LogP contribution in [0.2, 0.25) is 0 Å². The number of nitrogens with one attached hydrogen (secondary N) is 2. The van der Waals surface area contributed by atoms with Crippen molar-refractivity contribution in [3.8, 4) is 0 Å². The molecule has 0 radical (unpaired) electrons. The lowest BCUT2D eigenvalue weighted by molar-refractivity contribution is -0.125. The molecule has 1 unspecified atom stereocenters. The highest BCUT2D eigenvalue weighted by Crippen LogP contribution is 2.13. The molecule has 2 N–H and O–H groups in total. The van der Waals surface area contributed by atoms with Crippen LogP contribution in [-0.2, 0) is 14.3 Å². The van der Waals surface area contributed by atoms with Gasteiger partial charge in [0.1, 0.15) is 11.6 Å². The minimum atomic E-state index is -0.629. The second-order valence-corrected chi connectivity index (χ2v) is 8.78. The van der Waals surface area contributed by atoms with Gasteiger partial charge < -0.3 is 20.1 Å². The number of hydrogen-bond acceptors (Lipinski definition) is 5. The first-order valence-corrected chi connectivity index (χ1v) is 10.1. The Morgan fingerprint density at radius 2 is 1.70 bits per heavy atom. The van der Waals surface area contributed by atoms with Crippen molar-refractivity contribution in [1.82, 2.24) is 15.5 Å². The Morgan fingerprint density at radius 3 is 2.19 bits per heavy atom. The summed E-state index contributed by atoms with van der Waals surface area (Å²) in [7, 11) is 0. The number of morpholine rings is 1. The Labute approximate surface area is 164 Å². The molecule has 1 fully saturated rings. The van der Waals surface area contributed by atoms with Crippen molar-refractivity contribution >= 4 is 12.0 Å². The molecule has 0 saturated carbocycles. The van der Waals surface area contributed by atoms with E-state index in [1.165, 1.54) is 0 Å². The zero-order chi connectivity index (χ0) is 20.6. The maximum absolute atomic E-state index is 12.9. The molecular weight excluding hydrogens is 346 g/mol. The van der Waals surface area contributed by atoms with Crippen molar-refractivity contribution < 1.29 is 19.1 Å². The van der Waals surface area contributed by atoms with Gasteiger partial charge in [0.2, 0.25) is 5.91 Å². The second kappa shape index (κ2) is 10.9. The highest BCUT2D eigenvalue weighted by molar-refractivity contribution is 5.86. The predicted octanol–water partition coefficient (Wildman–Crippen LogP) is 2.40. The molecule has 3 atom stereocenters. The molecule has 0 aromatic carbocycles. The van der Waals surface area contributed by atoms with Crippen LogP contribution in [-0.4, -0.2) is 67.4 Å². The average Bonchev–Trinajstić information content (AvgIpc) is 2.57. The molecule has 7 heteroatoms. The number of nitrogens with zero attached hydrogens (tertiary/aromatic N) is 1. The van der Waals surface area contributed by atoms with Crippen molar-refractivity contribution in [1.29, 1.82) is 0 Å². The van der Waals surface area contributed by atoms with E-state index in [1.807, 2.05) is 13.8 Å². The first-order valence-electron chi connectivity index (χ1n) is 10.1. The molecule has 1 saturated heterocycles. The first-order chi connectivity index (χ1) is 12.5. The molecule has 0 aromatic rings. The SMILES string of the molecule is CCC(C)[C@@H](CN1CCOCC1)NC(=O)[C@@H](NC(=O)OC(C)(C)C)C(C)C. The van der Waals surface area contributed by atoms with Gasteiger partial charge in [-0.2, -0.15) is 0 Å². The quantitative estimate of drug-likeness (QED) is 0.671. The van der Waals surface area contributed by atoms with Gasteiger partial charge in [0.05, 0.1) is 13.2 Å². The topological polar surface area (TPSA) is 79.9 Å². The maximum atomic E-state index is 12.9. The van der Waals surface area contributed by atoms with E-state index in [4.69, 9.17) is 9.47 Å². The Balaban J connectivity index is 2.74. The summed E-state index contributed by atoms with van der Waals surface area (Å²) < 4.78 is 10.7. The van der Waals surface area contributed by atoms with Crippen LogP contribution in [0.1, 0.15) is 54.9 Å². The second-order valence-electron chi connectivity index (χ2n) is 8.78. The Kier molecular flexibility index (Phi) is 9.53. The van der Waals surface area contributed by atoms with E-state index in [-0.39, 0.29) is 17.9 Å². The average molecular weight is 386 g/mol. The van der Waals surface area contributed by atoms with Gasteiger partial charge in [-0.05, 0) is 32.6 Å². The van der Waals surface area contributed by atoms with Crippen LogP contribution < -0.4 is 10.6 Å². The fourth-order valence-electron chi connectivity index (χ4n) is 2.96. The van der Waals surface area contributed by atoms with E-state index in [0.717, 1.165) is 39.3 Å². The van der Waals surface area contributed by atoms with Crippen molar-refractivity contribution in [3.63, 3.8) is 0 Å². The number of ether oxygens (including phenoxy) is 2. The minimum absolute atomic E-state index is 0.0299. The van der Waals surface area contributed by atoms with Crippen molar-refractivity contribution in [2.75, 3.05) is 32.8 Å². The molecule has 158 valence electrons. The van der Waals surface area contributed by atoms with Crippen LogP contribution in [0.3, 0.4) is 0 Å². The molecular formula is C20H39N3O4. The summed E-state index contributed by atoms with van der Waals surface area (Å²) in [4.78, 5) is 27.4. The zero-order valence-electron chi connectivity index (χ0n) is 18.1. The van der Waals surface area contributed by atoms with Crippen LogP contribution in [0.5, 0.6) is 0 Å². The number of rotatable bonds is 8. The van der Waals surface area contributed by atoms with Gasteiger partial charge in [-0.25, -0.2) is 4.79 Å². The zero-order valence-corrected chi connectivity index (χ0v) is 18.1. The van der Waals surface area contributed by atoms with E-state index < -0.39 is 17.7 Å². The van der Waals surface area contributed by atoms with Gasteiger partial charge in [0.15, 0.2) is 0 Å². The molecule has 7 nitrogen and oxygen atoms in total. The molecule has 1 aliphatic rings. The molecule has 0 bridgehead atoms. The summed E-state index contributed by atoms with van der Waals surface area (Å²) >= 11 is 0. The fourth-order valence-corrected chi connectivity index (χ4v) is 2.96. The predicted molar refractivity (Wildman–Crippen MR) is 107 cm³/mol. The van der Waals surface area contributed by atoms with Crippen LogP contribution >= 0.6 is 0 Å². The molecule has 1 aliphatic heterocycles.